The van der Waals surface area contributed by atoms with Crippen LogP contribution in [0.25, 0.3) is 0 Å². The number of hydrogen-bond donors (Lipinski definition) is 2. The zero-order valence-electron chi connectivity index (χ0n) is 15.1. The molecule has 0 aliphatic heterocycles. The van der Waals surface area contributed by atoms with E-state index in [4.69, 9.17) is 4.74 Å². The molecule has 0 unspecified atom stereocenters. The van der Waals surface area contributed by atoms with Gasteiger partial charge in [0.2, 0.25) is 0 Å². The van der Waals surface area contributed by atoms with Crippen LogP contribution in [-0.4, -0.2) is 39.5 Å². The molecule has 2 aromatic rings. The SMILES string of the molecule is CO[C@@]1(C)C[C@@H](NC(=O)Nc2ccn(Cc3ccccn3)n2)C1(C)C. The summed E-state index contributed by atoms with van der Waals surface area (Å²) in [4.78, 5) is 16.5. The Morgan fingerprint density at radius 3 is 2.80 bits per heavy atom. The number of amides is 2. The Morgan fingerprint density at radius 1 is 1.36 bits per heavy atom. The van der Waals surface area contributed by atoms with Crippen LogP contribution in [0.4, 0.5) is 10.6 Å². The summed E-state index contributed by atoms with van der Waals surface area (Å²) in [6.45, 7) is 6.84. The molecule has 7 nitrogen and oxygen atoms in total. The molecule has 0 radical (unpaired) electrons. The average Bonchev–Trinajstić information content (AvgIpc) is 3.01. The van der Waals surface area contributed by atoms with Crippen LogP contribution in [0.5, 0.6) is 0 Å². The third-order valence-corrected chi connectivity index (χ3v) is 5.52. The predicted molar refractivity (Wildman–Crippen MR) is 95.3 cm³/mol. The molecule has 25 heavy (non-hydrogen) atoms. The Labute approximate surface area is 147 Å². The van der Waals surface area contributed by atoms with Crippen molar-refractivity contribution in [1.29, 1.82) is 0 Å². The quantitative estimate of drug-likeness (QED) is 0.874. The van der Waals surface area contributed by atoms with Gasteiger partial charge in [0, 0.05) is 37.0 Å². The molecule has 1 saturated carbocycles. The van der Waals surface area contributed by atoms with E-state index in [0.717, 1.165) is 12.1 Å². The molecule has 0 spiro atoms. The molecular formula is C18H25N5O2. The van der Waals surface area contributed by atoms with E-state index >= 15 is 0 Å². The molecule has 7 heteroatoms. The van der Waals surface area contributed by atoms with Gasteiger partial charge in [-0.05, 0) is 25.5 Å². The molecule has 2 N–H and O–H groups in total. The normalized spacial score (nSPS) is 24.4. The molecule has 0 aromatic carbocycles. The van der Waals surface area contributed by atoms with Gasteiger partial charge in [-0.3, -0.25) is 15.0 Å². The van der Waals surface area contributed by atoms with Crippen molar-refractivity contribution in [2.75, 3.05) is 12.4 Å². The number of nitrogens with zero attached hydrogens (tertiary/aromatic N) is 3. The number of urea groups is 1. The third kappa shape index (κ3) is 3.37. The zero-order valence-corrected chi connectivity index (χ0v) is 15.1. The van der Waals surface area contributed by atoms with Gasteiger partial charge >= 0.3 is 6.03 Å². The fourth-order valence-corrected chi connectivity index (χ4v) is 3.21. The van der Waals surface area contributed by atoms with E-state index in [1.165, 1.54) is 0 Å². The summed E-state index contributed by atoms with van der Waals surface area (Å²) in [7, 11) is 1.71. The maximum atomic E-state index is 12.2. The Morgan fingerprint density at radius 2 is 2.16 bits per heavy atom. The first-order valence-electron chi connectivity index (χ1n) is 8.40. The lowest BCUT2D eigenvalue weighted by molar-refractivity contribution is -0.177. The molecule has 3 rings (SSSR count). The van der Waals surface area contributed by atoms with Gasteiger partial charge < -0.3 is 10.1 Å². The number of hydrogen-bond acceptors (Lipinski definition) is 4. The summed E-state index contributed by atoms with van der Waals surface area (Å²) in [5, 5.41) is 10.2. The smallest absolute Gasteiger partial charge is 0.320 e. The second-order valence-corrected chi connectivity index (χ2v) is 7.23. The summed E-state index contributed by atoms with van der Waals surface area (Å²) in [5.41, 5.74) is 0.573. The van der Waals surface area contributed by atoms with Crippen LogP contribution in [-0.2, 0) is 11.3 Å². The van der Waals surface area contributed by atoms with Crippen LogP contribution >= 0.6 is 0 Å². The van der Waals surface area contributed by atoms with Gasteiger partial charge in [0.1, 0.15) is 0 Å². The van der Waals surface area contributed by atoms with Crippen molar-refractivity contribution < 1.29 is 9.53 Å². The number of anilines is 1. The molecule has 0 saturated heterocycles. The van der Waals surface area contributed by atoms with E-state index in [0.29, 0.717) is 12.4 Å². The van der Waals surface area contributed by atoms with Gasteiger partial charge in [-0.25, -0.2) is 4.79 Å². The zero-order chi connectivity index (χ0) is 18.1. The topological polar surface area (TPSA) is 81.1 Å². The first-order chi connectivity index (χ1) is 11.8. The second kappa shape index (κ2) is 6.48. The minimum Gasteiger partial charge on any atom is -0.378 e. The van der Waals surface area contributed by atoms with E-state index in [2.05, 4.69) is 41.5 Å². The number of methoxy groups -OCH3 is 1. The third-order valence-electron chi connectivity index (χ3n) is 5.52. The first-order valence-corrected chi connectivity index (χ1v) is 8.40. The monoisotopic (exact) mass is 343 g/mol. The Kier molecular flexibility index (Phi) is 4.51. The highest BCUT2D eigenvalue weighted by Crippen LogP contribution is 2.51. The van der Waals surface area contributed by atoms with Crippen LogP contribution in [0.1, 0.15) is 32.9 Å². The molecule has 1 fully saturated rings. The standard InChI is InChI=1S/C18H25N5O2/c1-17(2)14(11-18(17,3)25-4)20-16(24)21-15-8-10-23(22-15)12-13-7-5-6-9-19-13/h5-10,14H,11-12H2,1-4H3,(H2,20,21,22,24)/t14-,18+/m1/s1. The molecule has 2 atom stereocenters. The molecule has 134 valence electrons. The van der Waals surface area contributed by atoms with Gasteiger partial charge in [-0.2, -0.15) is 5.10 Å². The van der Waals surface area contributed by atoms with E-state index < -0.39 is 0 Å². The van der Waals surface area contributed by atoms with Crippen molar-refractivity contribution in [3.8, 4) is 0 Å². The van der Waals surface area contributed by atoms with Crippen molar-refractivity contribution in [3.05, 3.63) is 42.4 Å². The highest BCUT2D eigenvalue weighted by molar-refractivity contribution is 5.88. The maximum absolute atomic E-state index is 12.2. The summed E-state index contributed by atoms with van der Waals surface area (Å²) < 4.78 is 7.33. The lowest BCUT2D eigenvalue weighted by atomic mass is 9.56. The van der Waals surface area contributed by atoms with Gasteiger partial charge in [0.05, 0.1) is 17.8 Å². The van der Waals surface area contributed by atoms with Crippen molar-refractivity contribution in [3.63, 3.8) is 0 Å². The van der Waals surface area contributed by atoms with Crippen LogP contribution in [0.15, 0.2) is 36.7 Å². The fraction of sp³-hybridized carbons (Fsp3) is 0.500. The highest BCUT2D eigenvalue weighted by Gasteiger charge is 2.58. The number of rotatable bonds is 5. The summed E-state index contributed by atoms with van der Waals surface area (Å²) in [5.74, 6) is 0.514. The molecule has 1 aliphatic carbocycles. The van der Waals surface area contributed by atoms with Crippen LogP contribution in [0, 0.1) is 5.41 Å². The van der Waals surface area contributed by atoms with E-state index in [-0.39, 0.29) is 23.1 Å². The van der Waals surface area contributed by atoms with Crippen molar-refractivity contribution in [2.24, 2.45) is 5.41 Å². The van der Waals surface area contributed by atoms with Crippen LogP contribution < -0.4 is 10.6 Å². The molecular weight excluding hydrogens is 318 g/mol. The Hall–Kier alpha value is -2.41. The summed E-state index contributed by atoms with van der Waals surface area (Å²) in [6, 6.07) is 7.33. The lowest BCUT2D eigenvalue weighted by Gasteiger charge is -2.58. The Balaban J connectivity index is 1.54. The van der Waals surface area contributed by atoms with Gasteiger partial charge in [-0.15, -0.1) is 0 Å². The fourth-order valence-electron chi connectivity index (χ4n) is 3.21. The van der Waals surface area contributed by atoms with Crippen molar-refractivity contribution in [2.45, 2.75) is 45.4 Å². The predicted octanol–water partition coefficient (Wildman–Crippen LogP) is 2.65. The first kappa shape index (κ1) is 17.4. The molecule has 2 aromatic heterocycles. The van der Waals surface area contributed by atoms with Gasteiger partial charge in [0.15, 0.2) is 5.82 Å². The lowest BCUT2D eigenvalue weighted by Crippen LogP contribution is -2.68. The van der Waals surface area contributed by atoms with Crippen LogP contribution in [0.2, 0.25) is 0 Å². The average molecular weight is 343 g/mol. The maximum Gasteiger partial charge on any atom is 0.320 e. The second-order valence-electron chi connectivity index (χ2n) is 7.23. The minimum absolute atomic E-state index is 0.0630. The van der Waals surface area contributed by atoms with Gasteiger partial charge in [0.25, 0.3) is 0 Å². The van der Waals surface area contributed by atoms with E-state index in [1.54, 1.807) is 24.1 Å². The number of ether oxygens (including phenoxy) is 1. The largest absolute Gasteiger partial charge is 0.378 e. The Bertz CT molecular complexity index is 743. The summed E-state index contributed by atoms with van der Waals surface area (Å²) >= 11 is 0. The molecule has 0 bridgehead atoms. The van der Waals surface area contributed by atoms with E-state index in [1.807, 2.05) is 24.4 Å². The van der Waals surface area contributed by atoms with Crippen molar-refractivity contribution in [1.82, 2.24) is 20.1 Å². The number of aromatic nitrogens is 3. The van der Waals surface area contributed by atoms with E-state index in [9.17, 15) is 4.79 Å². The number of carbonyl (C=O) groups excluding carboxylic acids is 1. The molecule has 2 heterocycles. The molecule has 1 aliphatic rings. The number of pyridine rings is 1. The van der Waals surface area contributed by atoms with Gasteiger partial charge in [-0.1, -0.05) is 19.9 Å². The summed E-state index contributed by atoms with van der Waals surface area (Å²) in [6.07, 6.45) is 4.36. The van der Waals surface area contributed by atoms with Crippen LogP contribution in [0.3, 0.4) is 0 Å². The number of nitrogens with one attached hydrogen (secondary N) is 2. The molecule has 2 amide bonds. The minimum atomic E-state index is -0.251. The highest BCUT2D eigenvalue weighted by atomic mass is 16.5. The number of carbonyl (C=O) groups is 1. The van der Waals surface area contributed by atoms with Crippen molar-refractivity contribution >= 4 is 11.8 Å².